The molecule has 0 unspecified atom stereocenters. The molecular formula is C13H10Br2FNO3S. The predicted molar refractivity (Wildman–Crippen MR) is 85.6 cm³/mol. The Balaban J connectivity index is 2.42. The van der Waals surface area contributed by atoms with E-state index in [1.165, 1.54) is 19.2 Å². The normalized spacial score (nSPS) is 11.2. The molecule has 0 aromatic heterocycles. The van der Waals surface area contributed by atoms with Gasteiger partial charge in [0.2, 0.25) is 0 Å². The molecule has 0 spiro atoms. The minimum absolute atomic E-state index is 0.0667. The summed E-state index contributed by atoms with van der Waals surface area (Å²) in [6.45, 7) is 0. The largest absolute Gasteiger partial charge is 0.494 e. The van der Waals surface area contributed by atoms with Crippen LogP contribution in [-0.2, 0) is 10.0 Å². The van der Waals surface area contributed by atoms with Crippen LogP contribution >= 0.6 is 31.9 Å². The van der Waals surface area contributed by atoms with Crippen LogP contribution < -0.4 is 9.46 Å². The van der Waals surface area contributed by atoms with Gasteiger partial charge in [0.15, 0.2) is 0 Å². The van der Waals surface area contributed by atoms with Crippen LogP contribution in [0.1, 0.15) is 0 Å². The van der Waals surface area contributed by atoms with E-state index in [2.05, 4.69) is 36.6 Å². The molecule has 2 aromatic carbocycles. The van der Waals surface area contributed by atoms with Gasteiger partial charge in [-0.25, -0.2) is 12.8 Å². The number of sulfonamides is 1. The summed E-state index contributed by atoms with van der Waals surface area (Å²) < 4.78 is 46.4. The highest BCUT2D eigenvalue weighted by molar-refractivity contribution is 9.11. The molecule has 4 nitrogen and oxygen atoms in total. The third-order valence-corrected chi connectivity index (χ3v) is 5.43. The van der Waals surface area contributed by atoms with Gasteiger partial charge in [-0.15, -0.1) is 0 Å². The number of methoxy groups -OCH3 is 1. The van der Waals surface area contributed by atoms with Gasteiger partial charge in [-0.2, -0.15) is 0 Å². The summed E-state index contributed by atoms with van der Waals surface area (Å²) in [6.07, 6.45) is 0. The Hall–Kier alpha value is -1.12. The van der Waals surface area contributed by atoms with Crippen LogP contribution in [-0.4, -0.2) is 15.5 Å². The number of benzene rings is 2. The predicted octanol–water partition coefficient (Wildman–Crippen LogP) is 4.16. The number of hydrogen-bond acceptors (Lipinski definition) is 3. The Morgan fingerprint density at radius 1 is 1.14 bits per heavy atom. The van der Waals surface area contributed by atoms with E-state index in [0.717, 1.165) is 16.6 Å². The first-order valence-corrected chi connectivity index (χ1v) is 8.72. The van der Waals surface area contributed by atoms with Gasteiger partial charge in [-0.1, -0.05) is 15.9 Å². The average Bonchev–Trinajstić information content (AvgIpc) is 2.40. The number of anilines is 1. The van der Waals surface area contributed by atoms with Crippen molar-refractivity contribution >= 4 is 47.6 Å². The molecule has 0 heterocycles. The zero-order chi connectivity index (χ0) is 15.6. The molecule has 21 heavy (non-hydrogen) atoms. The van der Waals surface area contributed by atoms with Crippen molar-refractivity contribution in [2.75, 3.05) is 11.8 Å². The number of ether oxygens (including phenoxy) is 1. The highest BCUT2D eigenvalue weighted by Gasteiger charge is 2.19. The Labute approximate surface area is 138 Å². The van der Waals surface area contributed by atoms with Gasteiger partial charge in [0.1, 0.15) is 16.5 Å². The molecule has 0 aliphatic heterocycles. The van der Waals surface area contributed by atoms with Crippen molar-refractivity contribution in [2.24, 2.45) is 0 Å². The Morgan fingerprint density at radius 2 is 1.86 bits per heavy atom. The molecular weight excluding hydrogens is 429 g/mol. The number of hydrogen-bond donors (Lipinski definition) is 1. The monoisotopic (exact) mass is 437 g/mol. The van der Waals surface area contributed by atoms with E-state index in [0.29, 0.717) is 4.47 Å². The number of halogens is 3. The van der Waals surface area contributed by atoms with Crippen molar-refractivity contribution in [3.8, 4) is 5.75 Å². The summed E-state index contributed by atoms with van der Waals surface area (Å²) in [5.41, 5.74) is 0.161. The van der Waals surface area contributed by atoms with Crippen LogP contribution in [0.5, 0.6) is 5.75 Å². The lowest BCUT2D eigenvalue weighted by Gasteiger charge is -2.13. The molecule has 0 amide bonds. The Bertz CT molecular complexity index is 781. The third kappa shape index (κ3) is 3.75. The minimum atomic E-state index is -3.83. The summed E-state index contributed by atoms with van der Waals surface area (Å²) >= 11 is 6.46. The molecule has 2 rings (SSSR count). The molecule has 0 aliphatic carbocycles. The fraction of sp³-hybridized carbons (Fsp3) is 0.0769. The van der Waals surface area contributed by atoms with Crippen molar-refractivity contribution in [3.63, 3.8) is 0 Å². The Kier molecular flexibility index (Phi) is 4.90. The molecule has 2 aromatic rings. The second kappa shape index (κ2) is 6.33. The van der Waals surface area contributed by atoms with Crippen LogP contribution in [0.25, 0.3) is 0 Å². The minimum Gasteiger partial charge on any atom is -0.494 e. The number of nitrogens with one attached hydrogen (secondary N) is 1. The van der Waals surface area contributed by atoms with E-state index in [1.807, 2.05) is 0 Å². The van der Waals surface area contributed by atoms with Crippen molar-refractivity contribution in [3.05, 3.63) is 51.2 Å². The van der Waals surface area contributed by atoms with Crippen LogP contribution in [0.2, 0.25) is 0 Å². The lowest BCUT2D eigenvalue weighted by atomic mass is 10.3. The molecule has 0 bridgehead atoms. The Morgan fingerprint density at radius 3 is 2.48 bits per heavy atom. The van der Waals surface area contributed by atoms with Crippen molar-refractivity contribution < 1.29 is 17.5 Å². The maximum absolute atomic E-state index is 13.1. The van der Waals surface area contributed by atoms with E-state index in [4.69, 9.17) is 4.74 Å². The van der Waals surface area contributed by atoms with Gasteiger partial charge in [0, 0.05) is 15.0 Å². The standard InChI is InChI=1S/C13H10Br2FNO3S/c1-20-12-7-9(16)3-4-11(12)17-21(18,19)13-5-2-8(14)6-10(13)15/h2-7,17H,1H3. The quantitative estimate of drug-likeness (QED) is 0.779. The first-order chi connectivity index (χ1) is 9.83. The van der Waals surface area contributed by atoms with E-state index in [9.17, 15) is 12.8 Å². The summed E-state index contributed by atoms with van der Waals surface area (Å²) in [4.78, 5) is 0.0667. The maximum atomic E-state index is 13.1. The van der Waals surface area contributed by atoms with Gasteiger partial charge in [-0.05, 0) is 46.3 Å². The zero-order valence-electron chi connectivity index (χ0n) is 10.7. The maximum Gasteiger partial charge on any atom is 0.263 e. The summed E-state index contributed by atoms with van der Waals surface area (Å²) in [5.74, 6) is -0.411. The van der Waals surface area contributed by atoms with Crippen molar-refractivity contribution in [1.82, 2.24) is 0 Å². The van der Waals surface area contributed by atoms with Gasteiger partial charge >= 0.3 is 0 Å². The summed E-state index contributed by atoms with van der Waals surface area (Å²) in [5, 5.41) is 0. The molecule has 0 aliphatic rings. The topological polar surface area (TPSA) is 55.4 Å². The zero-order valence-corrected chi connectivity index (χ0v) is 14.7. The van der Waals surface area contributed by atoms with Crippen molar-refractivity contribution in [1.29, 1.82) is 0 Å². The fourth-order valence-electron chi connectivity index (χ4n) is 1.64. The molecule has 0 saturated carbocycles. The van der Waals surface area contributed by atoms with E-state index >= 15 is 0 Å². The van der Waals surface area contributed by atoms with Gasteiger partial charge in [0.25, 0.3) is 10.0 Å². The second-order valence-corrected chi connectivity index (χ2v) is 7.45. The summed E-state index contributed by atoms with van der Waals surface area (Å²) in [6, 6.07) is 8.24. The molecule has 0 radical (unpaired) electrons. The number of rotatable bonds is 4. The highest BCUT2D eigenvalue weighted by atomic mass is 79.9. The molecule has 1 N–H and O–H groups in total. The lowest BCUT2D eigenvalue weighted by molar-refractivity contribution is 0.413. The summed E-state index contributed by atoms with van der Waals surface area (Å²) in [7, 11) is -2.49. The molecule has 0 saturated heterocycles. The molecule has 112 valence electrons. The van der Waals surface area contributed by atoms with Crippen LogP contribution in [0, 0.1) is 5.82 Å². The van der Waals surface area contributed by atoms with Gasteiger partial charge in [0.05, 0.1) is 12.8 Å². The first kappa shape index (κ1) is 16.3. The van der Waals surface area contributed by atoms with Crippen LogP contribution in [0.4, 0.5) is 10.1 Å². The third-order valence-electron chi connectivity index (χ3n) is 2.59. The highest BCUT2D eigenvalue weighted by Crippen LogP contribution is 2.31. The lowest BCUT2D eigenvalue weighted by Crippen LogP contribution is -2.14. The van der Waals surface area contributed by atoms with Gasteiger partial charge in [-0.3, -0.25) is 4.72 Å². The van der Waals surface area contributed by atoms with Crippen molar-refractivity contribution in [2.45, 2.75) is 4.90 Å². The molecule has 8 heteroatoms. The molecule has 0 atom stereocenters. The smallest absolute Gasteiger partial charge is 0.263 e. The SMILES string of the molecule is COc1cc(F)ccc1NS(=O)(=O)c1ccc(Br)cc1Br. The van der Waals surface area contributed by atoms with Crippen LogP contribution in [0.3, 0.4) is 0 Å². The second-order valence-electron chi connectivity index (χ2n) is 4.02. The van der Waals surface area contributed by atoms with Crippen LogP contribution in [0.15, 0.2) is 50.2 Å². The van der Waals surface area contributed by atoms with E-state index < -0.39 is 15.8 Å². The van der Waals surface area contributed by atoms with E-state index in [1.54, 1.807) is 12.1 Å². The van der Waals surface area contributed by atoms with E-state index in [-0.39, 0.29) is 16.3 Å². The first-order valence-electron chi connectivity index (χ1n) is 5.65. The average molecular weight is 439 g/mol. The molecule has 0 fully saturated rings. The fourth-order valence-corrected chi connectivity index (χ4v) is 4.46. The van der Waals surface area contributed by atoms with Gasteiger partial charge < -0.3 is 4.74 Å².